The summed E-state index contributed by atoms with van der Waals surface area (Å²) in [5.41, 5.74) is 2.41. The van der Waals surface area contributed by atoms with E-state index in [9.17, 15) is 27.9 Å². The van der Waals surface area contributed by atoms with Crippen LogP contribution in [-0.4, -0.2) is 35.0 Å². The number of carbonyl (C=O) groups excluding carboxylic acids is 1. The average molecular weight is 457 g/mol. The molecule has 0 saturated carbocycles. The van der Waals surface area contributed by atoms with Gasteiger partial charge < -0.3 is 10.0 Å². The molecule has 2 aromatic rings. The van der Waals surface area contributed by atoms with Gasteiger partial charge in [-0.2, -0.15) is 13.2 Å². The average Bonchev–Trinajstić information content (AvgIpc) is 3.03. The van der Waals surface area contributed by atoms with E-state index in [0.29, 0.717) is 25.9 Å². The van der Waals surface area contributed by atoms with Gasteiger partial charge in [0.2, 0.25) is 5.91 Å². The third-order valence-electron chi connectivity index (χ3n) is 6.98. The molecule has 1 unspecified atom stereocenters. The lowest BCUT2D eigenvalue weighted by Gasteiger charge is -2.40. The minimum Gasteiger partial charge on any atom is -0.481 e. The summed E-state index contributed by atoms with van der Waals surface area (Å²) in [6.07, 6.45) is 0.197. The number of likely N-dealkylation sites (tertiary alicyclic amines) is 1. The Hall–Kier alpha value is -3.09. The molecule has 4 nitrogen and oxygen atoms in total. The van der Waals surface area contributed by atoms with E-state index in [4.69, 9.17) is 0 Å². The van der Waals surface area contributed by atoms with Gasteiger partial charge in [0.1, 0.15) is 0 Å². The third-order valence-corrected chi connectivity index (χ3v) is 6.98. The fourth-order valence-corrected chi connectivity index (χ4v) is 5.38. The molecular weight excluding hydrogens is 431 g/mol. The van der Waals surface area contributed by atoms with Gasteiger partial charge in [0, 0.05) is 19.2 Å². The molecule has 7 heteroatoms. The predicted molar refractivity (Wildman–Crippen MR) is 119 cm³/mol. The van der Waals surface area contributed by atoms with E-state index in [1.807, 2.05) is 13.0 Å². The Labute approximate surface area is 190 Å². The summed E-state index contributed by atoms with van der Waals surface area (Å²) in [4.78, 5) is 25.8. The van der Waals surface area contributed by atoms with E-state index in [1.54, 1.807) is 4.90 Å². The monoisotopic (exact) mass is 457 g/mol. The molecule has 1 aliphatic carbocycles. The van der Waals surface area contributed by atoms with Crippen LogP contribution in [0.1, 0.15) is 59.4 Å². The Morgan fingerprint density at radius 1 is 1.15 bits per heavy atom. The van der Waals surface area contributed by atoms with Crippen molar-refractivity contribution in [3.63, 3.8) is 0 Å². The van der Waals surface area contributed by atoms with Gasteiger partial charge in [-0.05, 0) is 66.4 Å². The number of nitrogens with zero attached hydrogens (tertiary/aromatic N) is 1. The van der Waals surface area contributed by atoms with Gasteiger partial charge in [-0.1, -0.05) is 42.0 Å². The highest BCUT2D eigenvalue weighted by molar-refractivity contribution is 5.92. The Kier molecular flexibility index (Phi) is 6.08. The van der Waals surface area contributed by atoms with Gasteiger partial charge in [0.25, 0.3) is 0 Å². The summed E-state index contributed by atoms with van der Waals surface area (Å²) in [6.45, 7) is 2.96. The molecule has 1 aliphatic heterocycles. The molecule has 2 aromatic carbocycles. The topological polar surface area (TPSA) is 57.6 Å². The van der Waals surface area contributed by atoms with Crippen LogP contribution in [0.4, 0.5) is 13.2 Å². The number of alkyl halides is 3. The van der Waals surface area contributed by atoms with Crippen molar-refractivity contribution in [3.05, 3.63) is 76.4 Å². The zero-order valence-electron chi connectivity index (χ0n) is 18.4. The molecule has 1 heterocycles. The van der Waals surface area contributed by atoms with Crippen molar-refractivity contribution in [3.8, 4) is 0 Å². The van der Waals surface area contributed by atoms with Gasteiger partial charge in [-0.3, -0.25) is 9.59 Å². The van der Waals surface area contributed by atoms with Crippen LogP contribution in [0.15, 0.2) is 48.5 Å². The maximum absolute atomic E-state index is 13.2. The molecular formula is C26H26F3NO3. The molecule has 4 rings (SSSR count). The Morgan fingerprint density at radius 3 is 2.52 bits per heavy atom. The number of piperidine rings is 1. The van der Waals surface area contributed by atoms with Crippen LogP contribution in [0.2, 0.25) is 0 Å². The van der Waals surface area contributed by atoms with E-state index in [-0.39, 0.29) is 29.2 Å². The number of halogens is 3. The number of benzene rings is 2. The lowest BCUT2D eigenvalue weighted by Crippen LogP contribution is -2.43. The summed E-state index contributed by atoms with van der Waals surface area (Å²) < 4.78 is 39.6. The second-order valence-corrected chi connectivity index (χ2v) is 9.11. The highest BCUT2D eigenvalue weighted by atomic mass is 19.4. The van der Waals surface area contributed by atoms with E-state index in [2.05, 4.69) is 12.1 Å². The first kappa shape index (κ1) is 23.1. The first-order valence-electron chi connectivity index (χ1n) is 11.1. The lowest BCUT2D eigenvalue weighted by molar-refractivity contribution is -0.138. The second-order valence-electron chi connectivity index (χ2n) is 9.11. The summed E-state index contributed by atoms with van der Waals surface area (Å²) in [5.74, 6) is -1.18. The van der Waals surface area contributed by atoms with E-state index in [1.165, 1.54) is 35.9 Å². The number of fused-ring (bicyclic) bond motifs is 2. The molecule has 174 valence electrons. The number of carboxylic acids is 1. The summed E-state index contributed by atoms with van der Waals surface area (Å²) in [7, 11) is 0. The van der Waals surface area contributed by atoms with Gasteiger partial charge in [0.15, 0.2) is 0 Å². The number of aliphatic carboxylic acids is 1. The van der Waals surface area contributed by atoms with Crippen LogP contribution >= 0.6 is 0 Å². The summed E-state index contributed by atoms with van der Waals surface area (Å²) in [5, 5.41) is 9.36. The van der Waals surface area contributed by atoms with E-state index < -0.39 is 17.7 Å². The Bertz CT molecular complexity index is 1100. The van der Waals surface area contributed by atoms with Gasteiger partial charge in [0.05, 0.1) is 12.0 Å². The fraction of sp³-hybridized carbons (Fsp3) is 0.385. The maximum atomic E-state index is 13.2. The van der Waals surface area contributed by atoms with Crippen LogP contribution < -0.4 is 0 Å². The first-order valence-corrected chi connectivity index (χ1v) is 11.1. The quantitative estimate of drug-likeness (QED) is 0.613. The van der Waals surface area contributed by atoms with Gasteiger partial charge >= 0.3 is 12.1 Å². The first-order chi connectivity index (χ1) is 15.6. The highest BCUT2D eigenvalue weighted by Crippen LogP contribution is 2.53. The number of hydrogen-bond acceptors (Lipinski definition) is 2. The molecule has 2 aliphatic rings. The SMILES string of the molecule is Cc1ccc2c(c1)C(CC(=O)O)CC21CCN(C(=O)/C=C/c2ccccc2C(F)(F)F)CC1. The predicted octanol–water partition coefficient (Wildman–Crippen LogP) is 5.55. The van der Waals surface area contributed by atoms with Crippen molar-refractivity contribution < 1.29 is 27.9 Å². The Morgan fingerprint density at radius 2 is 1.85 bits per heavy atom. The zero-order chi connectivity index (χ0) is 23.8. The van der Waals surface area contributed by atoms with Crippen LogP contribution in [0.25, 0.3) is 6.08 Å². The smallest absolute Gasteiger partial charge is 0.416 e. The normalized spacial score (nSPS) is 19.8. The Balaban J connectivity index is 1.48. The molecule has 0 aromatic heterocycles. The fourth-order valence-electron chi connectivity index (χ4n) is 5.38. The molecule has 0 radical (unpaired) electrons. The molecule has 1 atom stereocenters. The zero-order valence-corrected chi connectivity index (χ0v) is 18.4. The number of rotatable bonds is 4. The van der Waals surface area contributed by atoms with Crippen molar-refractivity contribution >= 4 is 18.0 Å². The molecule has 1 saturated heterocycles. The highest BCUT2D eigenvalue weighted by Gasteiger charge is 2.46. The van der Waals surface area contributed by atoms with Crippen LogP contribution in [0.5, 0.6) is 0 Å². The number of carboxylic acid groups (broad SMARTS) is 1. The summed E-state index contributed by atoms with van der Waals surface area (Å²) >= 11 is 0. The minimum absolute atomic E-state index is 0.0385. The number of hydrogen-bond donors (Lipinski definition) is 1. The third kappa shape index (κ3) is 4.68. The van der Waals surface area contributed by atoms with Crippen LogP contribution in [0, 0.1) is 6.92 Å². The minimum atomic E-state index is -4.48. The van der Waals surface area contributed by atoms with Crippen molar-refractivity contribution in [2.45, 2.75) is 50.1 Å². The second kappa shape index (κ2) is 8.69. The number of carbonyl (C=O) groups is 2. The summed E-state index contributed by atoms with van der Waals surface area (Å²) in [6, 6.07) is 11.4. The maximum Gasteiger partial charge on any atom is 0.416 e. The van der Waals surface area contributed by atoms with Gasteiger partial charge in [-0.15, -0.1) is 0 Å². The number of aryl methyl sites for hydroxylation is 1. The number of amides is 1. The van der Waals surface area contributed by atoms with Gasteiger partial charge in [-0.25, -0.2) is 0 Å². The van der Waals surface area contributed by atoms with Crippen LogP contribution in [-0.2, 0) is 21.2 Å². The van der Waals surface area contributed by atoms with Crippen molar-refractivity contribution in [2.24, 2.45) is 0 Å². The molecule has 0 bridgehead atoms. The molecule has 33 heavy (non-hydrogen) atoms. The van der Waals surface area contributed by atoms with Crippen molar-refractivity contribution in [1.82, 2.24) is 4.90 Å². The van der Waals surface area contributed by atoms with E-state index >= 15 is 0 Å². The van der Waals surface area contributed by atoms with Crippen molar-refractivity contribution in [1.29, 1.82) is 0 Å². The standard InChI is InChI=1S/C26H26F3NO3/c1-17-6-8-22-20(14-17)19(15-24(32)33)16-25(22)10-12-30(13-11-25)23(31)9-7-18-4-2-3-5-21(18)26(27,28)29/h2-9,14,19H,10-13,15-16H2,1H3,(H,32,33)/b9-7+. The van der Waals surface area contributed by atoms with E-state index in [0.717, 1.165) is 23.6 Å². The molecule has 1 amide bonds. The molecule has 1 fully saturated rings. The lowest BCUT2D eigenvalue weighted by atomic mass is 9.73. The largest absolute Gasteiger partial charge is 0.481 e. The van der Waals surface area contributed by atoms with Crippen LogP contribution in [0.3, 0.4) is 0 Å². The molecule has 1 N–H and O–H groups in total. The molecule has 1 spiro atoms. The van der Waals surface area contributed by atoms with Crippen molar-refractivity contribution in [2.75, 3.05) is 13.1 Å².